The highest BCUT2D eigenvalue weighted by Crippen LogP contribution is 2.27. The molecule has 0 fully saturated rings. The predicted octanol–water partition coefficient (Wildman–Crippen LogP) is 1.13. The maximum Gasteiger partial charge on any atom is 0.343 e. The molecule has 5 nitrogen and oxygen atoms in total. The summed E-state index contributed by atoms with van der Waals surface area (Å²) in [4.78, 5) is 30.2. The molecular weight excluding hydrogens is 218 g/mol. The van der Waals surface area contributed by atoms with Gasteiger partial charge in [-0.2, -0.15) is 4.99 Å². The van der Waals surface area contributed by atoms with Crippen LogP contribution < -0.4 is 4.90 Å². The van der Waals surface area contributed by atoms with Crippen LogP contribution in [0.25, 0.3) is 0 Å². The number of hydrogen-bond donors (Lipinski definition) is 0. The zero-order chi connectivity index (χ0) is 12.6. The Bertz CT molecular complexity index is 520. The summed E-state index contributed by atoms with van der Waals surface area (Å²) < 4.78 is 0. The predicted molar refractivity (Wildman–Crippen MR) is 65.5 cm³/mol. The van der Waals surface area contributed by atoms with Crippen molar-refractivity contribution in [1.82, 2.24) is 4.90 Å². The first-order valence-electron chi connectivity index (χ1n) is 5.20. The van der Waals surface area contributed by atoms with Crippen LogP contribution in [0.15, 0.2) is 29.3 Å². The van der Waals surface area contributed by atoms with Crippen molar-refractivity contribution in [2.24, 2.45) is 4.99 Å². The monoisotopic (exact) mass is 231 g/mol. The molecule has 88 valence electrons. The second-order valence-corrected chi connectivity index (χ2v) is 4.02. The van der Waals surface area contributed by atoms with Gasteiger partial charge in [-0.05, 0) is 6.07 Å². The standard InChI is InChI=1S/C12H13N3O2/c1-14(2)12(17)13-10-8-6-4-5-7-9(8)15(3)11(10)16/h4-7H,1-3H3/b13-10-. The van der Waals surface area contributed by atoms with Gasteiger partial charge in [0, 0.05) is 26.7 Å². The Morgan fingerprint density at radius 2 is 1.94 bits per heavy atom. The lowest BCUT2D eigenvalue weighted by atomic mass is 10.1. The number of rotatable bonds is 0. The molecule has 0 saturated carbocycles. The average Bonchev–Trinajstić information content (AvgIpc) is 2.55. The topological polar surface area (TPSA) is 53.0 Å². The molecule has 0 radical (unpaired) electrons. The van der Waals surface area contributed by atoms with Crippen molar-refractivity contribution in [1.29, 1.82) is 0 Å². The van der Waals surface area contributed by atoms with Crippen LogP contribution >= 0.6 is 0 Å². The molecule has 0 unspecified atom stereocenters. The van der Waals surface area contributed by atoms with Crippen molar-refractivity contribution in [3.05, 3.63) is 29.8 Å². The molecule has 0 aliphatic carbocycles. The molecule has 1 aromatic carbocycles. The highest BCUT2D eigenvalue weighted by atomic mass is 16.2. The van der Waals surface area contributed by atoms with E-state index in [1.165, 1.54) is 9.80 Å². The third kappa shape index (κ3) is 1.80. The summed E-state index contributed by atoms with van der Waals surface area (Å²) in [6.07, 6.45) is 0. The summed E-state index contributed by atoms with van der Waals surface area (Å²) in [6, 6.07) is 6.85. The molecule has 17 heavy (non-hydrogen) atoms. The van der Waals surface area contributed by atoms with Crippen molar-refractivity contribution in [3.8, 4) is 0 Å². The Labute approximate surface area is 99.4 Å². The Hall–Kier alpha value is -2.17. The van der Waals surface area contributed by atoms with Crippen molar-refractivity contribution in [2.75, 3.05) is 26.0 Å². The Morgan fingerprint density at radius 3 is 2.59 bits per heavy atom. The van der Waals surface area contributed by atoms with Crippen LogP contribution in [0, 0.1) is 0 Å². The number of aliphatic imine (C=N–C) groups is 1. The van der Waals surface area contributed by atoms with Crippen LogP contribution in [-0.2, 0) is 4.79 Å². The summed E-state index contributed by atoms with van der Waals surface area (Å²) in [5.41, 5.74) is 1.69. The fraction of sp³-hybridized carbons (Fsp3) is 0.250. The van der Waals surface area contributed by atoms with Gasteiger partial charge in [0.25, 0.3) is 5.91 Å². The number of hydrogen-bond acceptors (Lipinski definition) is 2. The second-order valence-electron chi connectivity index (χ2n) is 4.02. The summed E-state index contributed by atoms with van der Waals surface area (Å²) in [5, 5.41) is 0. The van der Waals surface area contributed by atoms with Gasteiger partial charge in [-0.15, -0.1) is 0 Å². The minimum atomic E-state index is -0.432. The number of carbonyl (C=O) groups excluding carboxylic acids is 2. The van der Waals surface area contributed by atoms with Crippen LogP contribution in [0.5, 0.6) is 0 Å². The van der Waals surface area contributed by atoms with Crippen LogP contribution in [0.2, 0.25) is 0 Å². The fourth-order valence-corrected chi connectivity index (χ4v) is 1.65. The molecule has 2 rings (SSSR count). The van der Waals surface area contributed by atoms with E-state index in [1.54, 1.807) is 27.2 Å². The average molecular weight is 231 g/mol. The maximum absolute atomic E-state index is 11.9. The number of para-hydroxylation sites is 1. The molecule has 0 bridgehead atoms. The number of anilines is 1. The molecule has 0 saturated heterocycles. The van der Waals surface area contributed by atoms with Gasteiger partial charge in [0.15, 0.2) is 0 Å². The van der Waals surface area contributed by atoms with Gasteiger partial charge in [0.05, 0.1) is 5.69 Å². The largest absolute Gasteiger partial charge is 0.343 e. The Morgan fingerprint density at radius 1 is 1.29 bits per heavy atom. The van der Waals surface area contributed by atoms with Gasteiger partial charge in [-0.1, -0.05) is 18.2 Å². The number of benzene rings is 1. The smallest absolute Gasteiger partial charge is 0.329 e. The van der Waals surface area contributed by atoms with E-state index in [4.69, 9.17) is 0 Å². The fourth-order valence-electron chi connectivity index (χ4n) is 1.65. The van der Waals surface area contributed by atoms with Crippen LogP contribution in [0.3, 0.4) is 0 Å². The molecule has 0 spiro atoms. The van der Waals surface area contributed by atoms with Crippen molar-refractivity contribution >= 4 is 23.3 Å². The van der Waals surface area contributed by atoms with Crippen LogP contribution in [0.4, 0.5) is 10.5 Å². The van der Waals surface area contributed by atoms with Crippen LogP contribution in [0.1, 0.15) is 5.56 Å². The molecule has 1 heterocycles. The quantitative estimate of drug-likeness (QED) is 0.672. The van der Waals surface area contributed by atoms with Crippen LogP contribution in [-0.4, -0.2) is 43.7 Å². The number of urea groups is 1. The van der Waals surface area contributed by atoms with E-state index in [0.717, 1.165) is 5.69 Å². The molecular formula is C12H13N3O2. The summed E-state index contributed by atoms with van der Waals surface area (Å²) >= 11 is 0. The second kappa shape index (κ2) is 4.01. The first kappa shape index (κ1) is 11.3. The van der Waals surface area contributed by atoms with Crippen molar-refractivity contribution < 1.29 is 9.59 Å². The van der Waals surface area contributed by atoms with E-state index >= 15 is 0 Å². The summed E-state index contributed by atoms with van der Waals surface area (Å²) in [7, 11) is 4.87. The molecule has 1 aliphatic heterocycles. The lowest BCUT2D eigenvalue weighted by Crippen LogP contribution is -2.28. The number of likely N-dealkylation sites (N-methyl/N-ethyl adjacent to an activating group) is 1. The highest BCUT2D eigenvalue weighted by molar-refractivity contribution is 6.55. The highest BCUT2D eigenvalue weighted by Gasteiger charge is 2.31. The first-order chi connectivity index (χ1) is 8.02. The summed E-state index contributed by atoms with van der Waals surface area (Å²) in [5.74, 6) is -0.249. The lowest BCUT2D eigenvalue weighted by molar-refractivity contribution is -0.111. The van der Waals surface area contributed by atoms with Gasteiger partial charge in [-0.3, -0.25) is 4.79 Å². The zero-order valence-corrected chi connectivity index (χ0v) is 9.97. The first-order valence-corrected chi connectivity index (χ1v) is 5.20. The Balaban J connectivity index is 2.50. The van der Waals surface area contributed by atoms with Crippen molar-refractivity contribution in [3.63, 3.8) is 0 Å². The third-order valence-electron chi connectivity index (χ3n) is 2.62. The number of fused-ring (bicyclic) bond motifs is 1. The molecule has 1 aliphatic rings. The zero-order valence-electron chi connectivity index (χ0n) is 9.97. The Kier molecular flexibility index (Phi) is 2.67. The molecule has 5 heteroatoms. The van der Waals surface area contributed by atoms with Crippen molar-refractivity contribution in [2.45, 2.75) is 0 Å². The molecule has 3 amide bonds. The van der Waals surface area contributed by atoms with E-state index in [-0.39, 0.29) is 11.6 Å². The number of nitrogens with zero attached hydrogens (tertiary/aromatic N) is 3. The van der Waals surface area contributed by atoms with E-state index < -0.39 is 6.03 Å². The van der Waals surface area contributed by atoms with Gasteiger partial charge >= 0.3 is 6.03 Å². The molecule has 0 atom stereocenters. The summed E-state index contributed by atoms with van der Waals surface area (Å²) in [6.45, 7) is 0. The maximum atomic E-state index is 11.9. The van der Waals surface area contributed by atoms with E-state index in [9.17, 15) is 9.59 Å². The minimum Gasteiger partial charge on any atom is -0.329 e. The molecule has 0 aromatic heterocycles. The molecule has 1 aromatic rings. The minimum absolute atomic E-state index is 0.210. The third-order valence-corrected chi connectivity index (χ3v) is 2.62. The van der Waals surface area contributed by atoms with Gasteiger partial charge in [-0.25, -0.2) is 4.79 Å². The van der Waals surface area contributed by atoms with Gasteiger partial charge in [0.1, 0.15) is 5.71 Å². The van der Waals surface area contributed by atoms with Gasteiger partial charge < -0.3 is 9.80 Å². The number of amides is 3. The normalized spacial score (nSPS) is 16.3. The number of carbonyl (C=O) groups is 2. The molecule has 0 N–H and O–H groups in total. The van der Waals surface area contributed by atoms with E-state index in [1.807, 2.05) is 18.2 Å². The van der Waals surface area contributed by atoms with E-state index in [0.29, 0.717) is 5.56 Å². The lowest BCUT2D eigenvalue weighted by Gasteiger charge is -2.07. The van der Waals surface area contributed by atoms with E-state index in [2.05, 4.69) is 4.99 Å². The van der Waals surface area contributed by atoms with Gasteiger partial charge in [0.2, 0.25) is 0 Å². The SMILES string of the molecule is CN(C)C(=O)/N=C1\C(=O)N(C)c2ccccc21.